The minimum absolute atomic E-state index is 0.00822. The fourth-order valence-electron chi connectivity index (χ4n) is 1.71. The van der Waals surface area contributed by atoms with E-state index in [9.17, 15) is 13.2 Å². The normalized spacial score (nSPS) is 11.3. The van der Waals surface area contributed by atoms with Crippen LogP contribution in [0, 0.1) is 0 Å². The number of rotatable bonds is 5. The smallest absolute Gasteiger partial charge is 0.337 e. The van der Waals surface area contributed by atoms with Crippen molar-refractivity contribution < 1.29 is 18.3 Å². The molecule has 18 heavy (non-hydrogen) atoms. The number of sulfone groups is 1. The molecule has 1 aromatic rings. The van der Waals surface area contributed by atoms with Crippen LogP contribution in [0.2, 0.25) is 0 Å². The molecule has 0 saturated carbocycles. The van der Waals surface area contributed by atoms with E-state index in [1.807, 2.05) is 6.92 Å². The molecule has 100 valence electrons. The molecule has 0 spiro atoms. The van der Waals surface area contributed by atoms with E-state index < -0.39 is 15.8 Å². The summed E-state index contributed by atoms with van der Waals surface area (Å²) in [6, 6.07) is 4.18. The van der Waals surface area contributed by atoms with Crippen molar-refractivity contribution in [1.29, 1.82) is 0 Å². The fraction of sp³-hybridized carbons (Fsp3) is 0.417. The Hall–Kier alpha value is -1.56. The summed E-state index contributed by atoms with van der Waals surface area (Å²) in [5.41, 5.74) is 0.533. The molecule has 0 saturated heterocycles. The Morgan fingerprint density at radius 3 is 2.44 bits per heavy atom. The van der Waals surface area contributed by atoms with Crippen molar-refractivity contribution in [3.63, 3.8) is 0 Å². The molecule has 0 radical (unpaired) electrons. The van der Waals surface area contributed by atoms with Gasteiger partial charge in [-0.15, -0.1) is 0 Å². The highest BCUT2D eigenvalue weighted by atomic mass is 32.2. The van der Waals surface area contributed by atoms with Gasteiger partial charge in [0.25, 0.3) is 0 Å². The fourth-order valence-corrected chi connectivity index (χ4v) is 2.35. The summed E-state index contributed by atoms with van der Waals surface area (Å²) in [4.78, 5) is 13.0. The van der Waals surface area contributed by atoms with Crippen LogP contribution in [-0.2, 0) is 9.84 Å². The number of hydrogen-bond donors (Lipinski definition) is 1. The van der Waals surface area contributed by atoms with Gasteiger partial charge in [-0.2, -0.15) is 0 Å². The van der Waals surface area contributed by atoms with Gasteiger partial charge in [-0.3, -0.25) is 0 Å². The van der Waals surface area contributed by atoms with Gasteiger partial charge in [0.05, 0.1) is 16.1 Å². The average Bonchev–Trinajstić information content (AvgIpc) is 2.27. The van der Waals surface area contributed by atoms with E-state index in [0.717, 1.165) is 12.7 Å². The van der Waals surface area contributed by atoms with Gasteiger partial charge in [-0.1, -0.05) is 6.92 Å². The number of carboxylic acids is 1. The second-order valence-electron chi connectivity index (χ2n) is 4.18. The molecular weight excluding hydrogens is 254 g/mol. The van der Waals surface area contributed by atoms with Crippen LogP contribution in [0.25, 0.3) is 0 Å². The number of aromatic carboxylic acids is 1. The topological polar surface area (TPSA) is 74.7 Å². The lowest BCUT2D eigenvalue weighted by atomic mass is 10.1. The molecule has 1 N–H and O–H groups in total. The maximum Gasteiger partial charge on any atom is 0.337 e. The average molecular weight is 271 g/mol. The quantitative estimate of drug-likeness (QED) is 0.881. The number of nitrogens with zero attached hydrogens (tertiary/aromatic N) is 1. The van der Waals surface area contributed by atoms with Gasteiger partial charge in [0, 0.05) is 19.8 Å². The number of carboxylic acid groups (broad SMARTS) is 1. The molecule has 0 aliphatic heterocycles. The van der Waals surface area contributed by atoms with Gasteiger partial charge in [0.1, 0.15) is 0 Å². The zero-order valence-corrected chi connectivity index (χ0v) is 11.5. The number of hydrogen-bond acceptors (Lipinski definition) is 4. The van der Waals surface area contributed by atoms with Crippen LogP contribution in [0.15, 0.2) is 23.1 Å². The second kappa shape index (κ2) is 5.39. The van der Waals surface area contributed by atoms with Crippen LogP contribution in [0.3, 0.4) is 0 Å². The summed E-state index contributed by atoms with van der Waals surface area (Å²) in [6.45, 7) is 2.69. The predicted octanol–water partition coefficient (Wildman–Crippen LogP) is 1.63. The molecule has 1 aromatic carbocycles. The van der Waals surface area contributed by atoms with Gasteiger partial charge in [0.2, 0.25) is 0 Å². The summed E-state index contributed by atoms with van der Waals surface area (Å²) >= 11 is 0. The van der Waals surface area contributed by atoms with Gasteiger partial charge in [-0.25, -0.2) is 13.2 Å². The minimum atomic E-state index is -3.40. The molecule has 6 heteroatoms. The van der Waals surface area contributed by atoms with Crippen LogP contribution in [-0.4, -0.2) is 39.3 Å². The first-order chi connectivity index (χ1) is 8.27. The van der Waals surface area contributed by atoms with E-state index in [0.29, 0.717) is 12.2 Å². The zero-order chi connectivity index (χ0) is 13.9. The van der Waals surface area contributed by atoms with Crippen LogP contribution < -0.4 is 4.90 Å². The Kier molecular flexibility index (Phi) is 4.34. The maximum atomic E-state index is 11.4. The lowest BCUT2D eigenvalue weighted by molar-refractivity contribution is 0.0697. The first-order valence-electron chi connectivity index (χ1n) is 5.56. The maximum absolute atomic E-state index is 11.4. The molecule has 5 nitrogen and oxygen atoms in total. The van der Waals surface area contributed by atoms with E-state index >= 15 is 0 Å². The number of carbonyl (C=O) groups is 1. The zero-order valence-electron chi connectivity index (χ0n) is 10.7. The van der Waals surface area contributed by atoms with Crippen LogP contribution in [0.1, 0.15) is 23.7 Å². The monoisotopic (exact) mass is 271 g/mol. The lowest BCUT2D eigenvalue weighted by Crippen LogP contribution is -2.21. The predicted molar refractivity (Wildman–Crippen MR) is 70.1 cm³/mol. The van der Waals surface area contributed by atoms with Crippen molar-refractivity contribution in [2.24, 2.45) is 0 Å². The first kappa shape index (κ1) is 14.5. The molecule has 0 bridgehead atoms. The Bertz CT molecular complexity index is 551. The third-order valence-corrected chi connectivity index (χ3v) is 3.71. The highest BCUT2D eigenvalue weighted by molar-refractivity contribution is 7.90. The molecule has 0 aromatic heterocycles. The summed E-state index contributed by atoms with van der Waals surface area (Å²) in [6.07, 6.45) is 1.94. The SMILES string of the molecule is CCCN(C)c1ccc(S(C)(=O)=O)cc1C(=O)O. The summed E-state index contributed by atoms with van der Waals surface area (Å²) in [5.74, 6) is -1.13. The third kappa shape index (κ3) is 3.22. The van der Waals surface area contributed by atoms with E-state index in [1.54, 1.807) is 11.9 Å². The Labute approximate surface area is 107 Å². The molecule has 0 amide bonds. The summed E-state index contributed by atoms with van der Waals surface area (Å²) < 4.78 is 22.8. The standard InChI is InChI=1S/C12H17NO4S/c1-4-7-13(2)11-6-5-9(18(3,16)17)8-10(11)12(14)15/h5-6,8H,4,7H2,1-3H3,(H,14,15). The van der Waals surface area contributed by atoms with Crippen molar-refractivity contribution in [3.05, 3.63) is 23.8 Å². The molecule has 0 fully saturated rings. The first-order valence-corrected chi connectivity index (χ1v) is 7.45. The summed E-state index contributed by atoms with van der Waals surface area (Å²) in [7, 11) is -1.61. The Balaban J connectivity index is 3.34. The molecule has 0 aliphatic carbocycles. The molecule has 0 aliphatic rings. The minimum Gasteiger partial charge on any atom is -0.478 e. The van der Waals surface area contributed by atoms with Crippen LogP contribution in [0.5, 0.6) is 0 Å². The van der Waals surface area contributed by atoms with E-state index in [4.69, 9.17) is 5.11 Å². The van der Waals surface area contributed by atoms with Gasteiger partial charge in [-0.05, 0) is 24.6 Å². The lowest BCUT2D eigenvalue weighted by Gasteiger charge is -2.20. The van der Waals surface area contributed by atoms with Crippen molar-refractivity contribution in [2.75, 3.05) is 24.7 Å². The van der Waals surface area contributed by atoms with E-state index in [2.05, 4.69) is 0 Å². The molecule has 0 unspecified atom stereocenters. The van der Waals surface area contributed by atoms with Gasteiger partial charge in [0.15, 0.2) is 9.84 Å². The van der Waals surface area contributed by atoms with Crippen molar-refractivity contribution in [3.8, 4) is 0 Å². The third-order valence-electron chi connectivity index (χ3n) is 2.60. The number of anilines is 1. The van der Waals surface area contributed by atoms with Gasteiger partial charge < -0.3 is 10.0 Å². The highest BCUT2D eigenvalue weighted by Gasteiger charge is 2.17. The van der Waals surface area contributed by atoms with Crippen LogP contribution >= 0.6 is 0 Å². The Morgan fingerprint density at radius 2 is 2.00 bits per heavy atom. The van der Waals surface area contributed by atoms with E-state index in [1.165, 1.54) is 18.2 Å². The van der Waals surface area contributed by atoms with Crippen molar-refractivity contribution in [2.45, 2.75) is 18.2 Å². The summed E-state index contributed by atoms with van der Waals surface area (Å²) in [5, 5.41) is 9.15. The second-order valence-corrected chi connectivity index (χ2v) is 6.19. The van der Waals surface area contributed by atoms with Crippen LogP contribution in [0.4, 0.5) is 5.69 Å². The number of benzene rings is 1. The van der Waals surface area contributed by atoms with Crippen molar-refractivity contribution >= 4 is 21.5 Å². The van der Waals surface area contributed by atoms with Crippen molar-refractivity contribution in [1.82, 2.24) is 0 Å². The largest absolute Gasteiger partial charge is 0.478 e. The molecule has 0 atom stereocenters. The molecular formula is C12H17NO4S. The van der Waals surface area contributed by atoms with E-state index in [-0.39, 0.29) is 10.5 Å². The molecule has 0 heterocycles. The Morgan fingerprint density at radius 1 is 1.39 bits per heavy atom. The van der Waals surface area contributed by atoms with Gasteiger partial charge >= 0.3 is 5.97 Å². The molecule has 1 rings (SSSR count). The highest BCUT2D eigenvalue weighted by Crippen LogP contribution is 2.23.